The lowest BCUT2D eigenvalue weighted by molar-refractivity contribution is 0.188. The number of ether oxygens (including phenoxy) is 1. The van der Waals surface area contributed by atoms with Gasteiger partial charge in [-0.15, -0.1) is 0 Å². The van der Waals surface area contributed by atoms with Crippen molar-refractivity contribution < 1.29 is 4.74 Å². The molecule has 0 amide bonds. The van der Waals surface area contributed by atoms with E-state index in [0.29, 0.717) is 0 Å². The van der Waals surface area contributed by atoms with Gasteiger partial charge in [-0.25, -0.2) is 0 Å². The summed E-state index contributed by atoms with van der Waals surface area (Å²) >= 11 is 0. The quantitative estimate of drug-likeness (QED) is 0.741. The third-order valence-corrected chi connectivity index (χ3v) is 2.58. The Labute approximate surface area is 89.8 Å². The lowest BCUT2D eigenvalue weighted by Gasteiger charge is -2.06. The van der Waals surface area contributed by atoms with Crippen LogP contribution in [0.3, 0.4) is 0 Å². The molecule has 0 saturated heterocycles. The SMILES string of the molecule is C=Cc1cccc2ccn(CCOC)c12. The molecule has 0 fully saturated rings. The standard InChI is InChI=1S/C13H15NO/c1-3-11-5-4-6-12-7-8-14(13(11)12)9-10-15-2/h3-8H,1,9-10H2,2H3. The number of hydrogen-bond donors (Lipinski definition) is 0. The number of benzene rings is 1. The van der Waals surface area contributed by atoms with Gasteiger partial charge in [-0.1, -0.05) is 30.9 Å². The summed E-state index contributed by atoms with van der Waals surface area (Å²) in [4.78, 5) is 0. The highest BCUT2D eigenvalue weighted by Crippen LogP contribution is 2.21. The van der Waals surface area contributed by atoms with Crippen molar-refractivity contribution in [3.8, 4) is 0 Å². The number of rotatable bonds is 4. The molecule has 2 aromatic rings. The predicted molar refractivity (Wildman–Crippen MR) is 63.9 cm³/mol. The normalized spacial score (nSPS) is 10.7. The second-order valence-corrected chi connectivity index (χ2v) is 3.49. The molecule has 2 nitrogen and oxygen atoms in total. The van der Waals surface area contributed by atoms with Crippen molar-refractivity contribution in [3.63, 3.8) is 0 Å². The van der Waals surface area contributed by atoms with Crippen LogP contribution in [0.2, 0.25) is 0 Å². The maximum atomic E-state index is 5.09. The van der Waals surface area contributed by atoms with E-state index in [-0.39, 0.29) is 0 Å². The molecule has 0 saturated carbocycles. The van der Waals surface area contributed by atoms with Gasteiger partial charge < -0.3 is 9.30 Å². The van der Waals surface area contributed by atoms with E-state index in [2.05, 4.69) is 41.6 Å². The van der Waals surface area contributed by atoms with Gasteiger partial charge >= 0.3 is 0 Å². The summed E-state index contributed by atoms with van der Waals surface area (Å²) in [7, 11) is 1.72. The molecule has 2 rings (SSSR count). The predicted octanol–water partition coefficient (Wildman–Crippen LogP) is 2.93. The van der Waals surface area contributed by atoms with Crippen molar-refractivity contribution in [1.29, 1.82) is 0 Å². The first kappa shape index (κ1) is 9.99. The largest absolute Gasteiger partial charge is 0.383 e. The molecule has 0 unspecified atom stereocenters. The van der Waals surface area contributed by atoms with E-state index >= 15 is 0 Å². The average molecular weight is 201 g/mol. The first-order valence-corrected chi connectivity index (χ1v) is 5.06. The summed E-state index contributed by atoms with van der Waals surface area (Å²) in [6.07, 6.45) is 3.99. The molecular weight excluding hydrogens is 186 g/mol. The fraction of sp³-hybridized carbons (Fsp3) is 0.231. The van der Waals surface area contributed by atoms with Crippen molar-refractivity contribution >= 4 is 17.0 Å². The minimum Gasteiger partial charge on any atom is -0.383 e. The van der Waals surface area contributed by atoms with Gasteiger partial charge in [0.2, 0.25) is 0 Å². The maximum absolute atomic E-state index is 5.09. The molecule has 15 heavy (non-hydrogen) atoms. The number of aromatic nitrogens is 1. The fourth-order valence-electron chi connectivity index (χ4n) is 1.83. The first-order chi connectivity index (χ1) is 7.36. The number of fused-ring (bicyclic) bond motifs is 1. The highest BCUT2D eigenvalue weighted by atomic mass is 16.5. The third-order valence-electron chi connectivity index (χ3n) is 2.58. The van der Waals surface area contributed by atoms with Crippen LogP contribution in [0.15, 0.2) is 37.0 Å². The zero-order chi connectivity index (χ0) is 10.7. The van der Waals surface area contributed by atoms with Gasteiger partial charge in [-0.3, -0.25) is 0 Å². The smallest absolute Gasteiger partial charge is 0.0641 e. The molecule has 0 bridgehead atoms. The molecule has 0 radical (unpaired) electrons. The molecule has 0 atom stereocenters. The Morgan fingerprint density at radius 2 is 2.27 bits per heavy atom. The molecule has 1 aromatic carbocycles. The molecule has 0 aliphatic rings. The van der Waals surface area contributed by atoms with E-state index in [1.165, 1.54) is 16.5 Å². The minimum atomic E-state index is 0.731. The zero-order valence-corrected chi connectivity index (χ0v) is 8.94. The van der Waals surface area contributed by atoms with Gasteiger partial charge in [0.25, 0.3) is 0 Å². The van der Waals surface area contributed by atoms with Crippen LogP contribution in [-0.2, 0) is 11.3 Å². The Balaban J connectivity index is 2.50. The molecule has 0 aliphatic carbocycles. The second-order valence-electron chi connectivity index (χ2n) is 3.49. The molecule has 1 heterocycles. The van der Waals surface area contributed by atoms with Crippen LogP contribution in [0.25, 0.3) is 17.0 Å². The number of methoxy groups -OCH3 is 1. The van der Waals surface area contributed by atoms with E-state index in [0.717, 1.165) is 13.2 Å². The summed E-state index contributed by atoms with van der Waals surface area (Å²) in [6.45, 7) is 5.45. The van der Waals surface area contributed by atoms with Crippen LogP contribution < -0.4 is 0 Å². The van der Waals surface area contributed by atoms with E-state index in [1.54, 1.807) is 7.11 Å². The van der Waals surface area contributed by atoms with E-state index in [9.17, 15) is 0 Å². The molecule has 0 spiro atoms. The Hall–Kier alpha value is -1.54. The Morgan fingerprint density at radius 3 is 3.00 bits per heavy atom. The monoisotopic (exact) mass is 201 g/mol. The van der Waals surface area contributed by atoms with Gasteiger partial charge in [0.15, 0.2) is 0 Å². The summed E-state index contributed by atoms with van der Waals surface area (Å²) in [5, 5.41) is 1.25. The maximum Gasteiger partial charge on any atom is 0.0641 e. The van der Waals surface area contributed by atoms with E-state index < -0.39 is 0 Å². The molecule has 0 N–H and O–H groups in total. The van der Waals surface area contributed by atoms with Crippen molar-refractivity contribution in [2.24, 2.45) is 0 Å². The van der Waals surface area contributed by atoms with Crippen molar-refractivity contribution in [3.05, 3.63) is 42.6 Å². The molecule has 78 valence electrons. The summed E-state index contributed by atoms with van der Waals surface area (Å²) < 4.78 is 7.30. The molecule has 1 aromatic heterocycles. The van der Waals surface area contributed by atoms with Gasteiger partial charge in [-0.2, -0.15) is 0 Å². The fourth-order valence-corrected chi connectivity index (χ4v) is 1.83. The topological polar surface area (TPSA) is 14.2 Å². The van der Waals surface area contributed by atoms with Gasteiger partial charge in [0.1, 0.15) is 0 Å². The number of hydrogen-bond acceptors (Lipinski definition) is 1. The Morgan fingerprint density at radius 1 is 1.40 bits per heavy atom. The van der Waals surface area contributed by atoms with E-state index in [1.807, 2.05) is 6.08 Å². The minimum absolute atomic E-state index is 0.731. The average Bonchev–Trinajstić information content (AvgIpc) is 2.69. The lowest BCUT2D eigenvalue weighted by atomic mass is 10.1. The van der Waals surface area contributed by atoms with Gasteiger partial charge in [-0.05, 0) is 11.6 Å². The second kappa shape index (κ2) is 4.32. The zero-order valence-electron chi connectivity index (χ0n) is 8.94. The number of para-hydroxylation sites is 1. The number of nitrogens with zero attached hydrogens (tertiary/aromatic N) is 1. The third kappa shape index (κ3) is 1.81. The van der Waals surface area contributed by atoms with Gasteiger partial charge in [0, 0.05) is 25.2 Å². The van der Waals surface area contributed by atoms with Crippen LogP contribution in [0, 0.1) is 0 Å². The van der Waals surface area contributed by atoms with Crippen LogP contribution >= 0.6 is 0 Å². The molecule has 2 heteroatoms. The van der Waals surface area contributed by atoms with Crippen LogP contribution in [0.1, 0.15) is 5.56 Å². The van der Waals surface area contributed by atoms with Crippen molar-refractivity contribution in [2.45, 2.75) is 6.54 Å². The Bertz CT molecular complexity index is 470. The van der Waals surface area contributed by atoms with Crippen molar-refractivity contribution in [2.75, 3.05) is 13.7 Å². The highest BCUT2D eigenvalue weighted by molar-refractivity contribution is 5.88. The summed E-state index contributed by atoms with van der Waals surface area (Å²) in [6, 6.07) is 8.38. The summed E-state index contributed by atoms with van der Waals surface area (Å²) in [5.41, 5.74) is 2.41. The first-order valence-electron chi connectivity index (χ1n) is 5.06. The van der Waals surface area contributed by atoms with Crippen LogP contribution in [-0.4, -0.2) is 18.3 Å². The van der Waals surface area contributed by atoms with Gasteiger partial charge in [0.05, 0.1) is 12.1 Å². The van der Waals surface area contributed by atoms with Crippen molar-refractivity contribution in [1.82, 2.24) is 4.57 Å². The molecule has 0 aliphatic heterocycles. The molecular formula is C13H15NO. The highest BCUT2D eigenvalue weighted by Gasteiger charge is 2.03. The van der Waals surface area contributed by atoms with E-state index in [4.69, 9.17) is 4.74 Å². The summed E-state index contributed by atoms with van der Waals surface area (Å²) in [5.74, 6) is 0. The van der Waals surface area contributed by atoms with Crippen LogP contribution in [0.5, 0.6) is 0 Å². The Kier molecular flexibility index (Phi) is 2.88. The lowest BCUT2D eigenvalue weighted by Crippen LogP contribution is -2.03. The van der Waals surface area contributed by atoms with Crippen LogP contribution in [0.4, 0.5) is 0 Å².